The molecule has 6 heteroatoms. The van der Waals surface area contributed by atoms with Crippen LogP contribution in [0.5, 0.6) is 0 Å². The molecule has 1 aromatic heterocycles. The summed E-state index contributed by atoms with van der Waals surface area (Å²) in [5.74, 6) is 1.22. The third-order valence-electron chi connectivity index (χ3n) is 6.64. The van der Waals surface area contributed by atoms with Gasteiger partial charge in [0.1, 0.15) is 5.76 Å². The summed E-state index contributed by atoms with van der Waals surface area (Å²) in [7, 11) is 1.73. The lowest BCUT2D eigenvalue weighted by Gasteiger charge is -2.26. The van der Waals surface area contributed by atoms with Gasteiger partial charge in [-0.15, -0.1) is 0 Å². The van der Waals surface area contributed by atoms with Crippen LogP contribution in [0.25, 0.3) is 0 Å². The van der Waals surface area contributed by atoms with Gasteiger partial charge in [0, 0.05) is 51.4 Å². The molecule has 1 amide bonds. The fraction of sp³-hybridized carbons (Fsp3) is 0.583. The zero-order valence-corrected chi connectivity index (χ0v) is 18.5. The second-order valence-electron chi connectivity index (χ2n) is 9.23. The van der Waals surface area contributed by atoms with Crippen LogP contribution in [-0.4, -0.2) is 49.2 Å². The predicted octanol–water partition coefficient (Wildman–Crippen LogP) is 3.58. The van der Waals surface area contributed by atoms with Crippen molar-refractivity contribution in [3.8, 4) is 0 Å². The maximum atomic E-state index is 12.9. The zero-order chi connectivity index (χ0) is 21.1. The highest BCUT2D eigenvalue weighted by Crippen LogP contribution is 2.36. The molecule has 6 nitrogen and oxygen atoms in total. The van der Waals surface area contributed by atoms with Crippen LogP contribution in [0, 0.1) is 5.41 Å². The number of rotatable bonds is 7. The van der Waals surface area contributed by atoms with E-state index in [1.807, 2.05) is 6.07 Å². The molecule has 4 rings (SSSR count). The molecule has 1 N–H and O–H groups in total. The minimum Gasteiger partial charge on any atom is -0.372 e. The van der Waals surface area contributed by atoms with Crippen molar-refractivity contribution in [3.63, 3.8) is 0 Å². The molecule has 2 aromatic rings. The number of nitrogens with one attached hydrogen (secondary N) is 1. The summed E-state index contributed by atoms with van der Waals surface area (Å²) in [4.78, 5) is 17.7. The number of hydrogen-bond donors (Lipinski definition) is 1. The molecule has 30 heavy (non-hydrogen) atoms. The van der Waals surface area contributed by atoms with E-state index >= 15 is 0 Å². The van der Waals surface area contributed by atoms with Gasteiger partial charge in [-0.3, -0.25) is 9.69 Å². The molecule has 2 fully saturated rings. The monoisotopic (exact) mass is 410 g/mol. The van der Waals surface area contributed by atoms with E-state index in [-0.39, 0.29) is 5.91 Å². The van der Waals surface area contributed by atoms with Crippen LogP contribution >= 0.6 is 0 Å². The number of hydrogen-bond acceptors (Lipinski definition) is 5. The maximum absolute atomic E-state index is 12.9. The van der Waals surface area contributed by atoms with Gasteiger partial charge in [0.05, 0.1) is 11.1 Å². The Morgan fingerprint density at radius 2 is 1.93 bits per heavy atom. The Labute approximate surface area is 179 Å². The number of aromatic nitrogens is 1. The minimum atomic E-state index is -0.460. The summed E-state index contributed by atoms with van der Waals surface area (Å²) < 4.78 is 5.57. The lowest BCUT2D eigenvalue weighted by molar-refractivity contribution is -0.130. The van der Waals surface area contributed by atoms with Gasteiger partial charge in [-0.05, 0) is 49.4 Å². The van der Waals surface area contributed by atoms with Gasteiger partial charge in [0.25, 0.3) is 0 Å². The standard InChI is InChI=1S/C24H34N4O2/c1-18(2)22-14-21(30-26-22)15-24(23(29)25-3)10-13-27(17-24)16-19-6-8-20(9-7-19)28-11-4-5-12-28/h6-9,14,18H,4-5,10-13,15-17H2,1-3H3,(H,25,29). The molecular weight excluding hydrogens is 376 g/mol. The van der Waals surface area contributed by atoms with Crippen LogP contribution in [-0.2, 0) is 17.8 Å². The highest BCUT2D eigenvalue weighted by Gasteiger charge is 2.45. The fourth-order valence-electron chi connectivity index (χ4n) is 4.83. The first-order valence-electron chi connectivity index (χ1n) is 11.2. The molecule has 162 valence electrons. The molecule has 0 saturated carbocycles. The smallest absolute Gasteiger partial charge is 0.227 e. The number of carbonyl (C=O) groups is 1. The Balaban J connectivity index is 1.42. The van der Waals surface area contributed by atoms with Gasteiger partial charge in [-0.25, -0.2) is 0 Å². The van der Waals surface area contributed by atoms with Crippen LogP contribution in [0.2, 0.25) is 0 Å². The Hall–Kier alpha value is -2.34. The first kappa shape index (κ1) is 20.9. The molecule has 2 saturated heterocycles. The third kappa shape index (κ3) is 4.38. The van der Waals surface area contributed by atoms with Crippen molar-refractivity contribution in [2.75, 3.05) is 38.1 Å². The fourth-order valence-corrected chi connectivity index (χ4v) is 4.83. The maximum Gasteiger partial charge on any atom is 0.227 e. The molecule has 0 bridgehead atoms. The Morgan fingerprint density at radius 1 is 1.20 bits per heavy atom. The minimum absolute atomic E-state index is 0.0943. The predicted molar refractivity (Wildman–Crippen MR) is 119 cm³/mol. The molecule has 2 aliphatic rings. The van der Waals surface area contributed by atoms with E-state index in [1.54, 1.807) is 7.05 Å². The second-order valence-corrected chi connectivity index (χ2v) is 9.23. The normalized spacial score (nSPS) is 22.2. The highest BCUT2D eigenvalue weighted by molar-refractivity contribution is 5.83. The summed E-state index contributed by atoms with van der Waals surface area (Å²) in [6.45, 7) is 9.04. The van der Waals surface area contributed by atoms with Crippen molar-refractivity contribution >= 4 is 11.6 Å². The Kier molecular flexibility index (Phi) is 6.14. The lowest BCUT2D eigenvalue weighted by Crippen LogP contribution is -2.43. The molecule has 3 heterocycles. The molecule has 0 spiro atoms. The first-order valence-corrected chi connectivity index (χ1v) is 11.2. The van der Waals surface area contributed by atoms with E-state index in [4.69, 9.17) is 4.52 Å². The van der Waals surface area contributed by atoms with Gasteiger partial charge in [0.2, 0.25) is 5.91 Å². The molecule has 0 aliphatic carbocycles. The van der Waals surface area contributed by atoms with Crippen molar-refractivity contribution in [1.29, 1.82) is 0 Å². The number of anilines is 1. The van der Waals surface area contributed by atoms with E-state index in [1.165, 1.54) is 37.2 Å². The number of nitrogens with zero attached hydrogens (tertiary/aromatic N) is 3. The zero-order valence-electron chi connectivity index (χ0n) is 18.5. The highest BCUT2D eigenvalue weighted by atomic mass is 16.5. The van der Waals surface area contributed by atoms with Gasteiger partial charge >= 0.3 is 0 Å². The second kappa shape index (κ2) is 8.80. The summed E-state index contributed by atoms with van der Waals surface area (Å²) in [6.07, 6.45) is 4.01. The molecular formula is C24H34N4O2. The third-order valence-corrected chi connectivity index (χ3v) is 6.64. The van der Waals surface area contributed by atoms with Crippen LogP contribution in [0.15, 0.2) is 34.9 Å². The molecule has 1 atom stereocenters. The summed E-state index contributed by atoms with van der Waals surface area (Å²) in [5.41, 5.74) is 3.11. The lowest BCUT2D eigenvalue weighted by atomic mass is 9.81. The van der Waals surface area contributed by atoms with E-state index in [9.17, 15) is 4.79 Å². The van der Waals surface area contributed by atoms with Crippen molar-refractivity contribution in [1.82, 2.24) is 15.4 Å². The number of amides is 1. The number of benzene rings is 1. The Bertz CT molecular complexity index is 854. The van der Waals surface area contributed by atoms with Gasteiger partial charge in [0.15, 0.2) is 0 Å². The van der Waals surface area contributed by atoms with Crippen LogP contribution < -0.4 is 10.2 Å². The van der Waals surface area contributed by atoms with Gasteiger partial charge in [-0.2, -0.15) is 0 Å². The molecule has 1 aromatic carbocycles. The summed E-state index contributed by atoms with van der Waals surface area (Å²) >= 11 is 0. The number of likely N-dealkylation sites (tertiary alicyclic amines) is 1. The van der Waals surface area contributed by atoms with E-state index in [2.05, 4.69) is 58.4 Å². The van der Waals surface area contributed by atoms with Crippen molar-refractivity contribution in [2.45, 2.75) is 52.0 Å². The van der Waals surface area contributed by atoms with Crippen LogP contribution in [0.1, 0.15) is 56.0 Å². The van der Waals surface area contributed by atoms with Crippen LogP contribution in [0.3, 0.4) is 0 Å². The van der Waals surface area contributed by atoms with Crippen molar-refractivity contribution < 1.29 is 9.32 Å². The van der Waals surface area contributed by atoms with E-state index < -0.39 is 5.41 Å². The SMILES string of the molecule is CNC(=O)C1(Cc2cc(C(C)C)no2)CCN(Cc2ccc(N3CCCC3)cc2)C1. The van der Waals surface area contributed by atoms with Crippen molar-refractivity contribution in [3.05, 3.63) is 47.3 Å². The largest absolute Gasteiger partial charge is 0.372 e. The molecule has 1 unspecified atom stereocenters. The van der Waals surface area contributed by atoms with Crippen molar-refractivity contribution in [2.24, 2.45) is 5.41 Å². The van der Waals surface area contributed by atoms with E-state index in [0.717, 1.165) is 37.5 Å². The summed E-state index contributed by atoms with van der Waals surface area (Å²) in [5, 5.41) is 7.06. The quantitative estimate of drug-likeness (QED) is 0.756. The van der Waals surface area contributed by atoms with Gasteiger partial charge in [-0.1, -0.05) is 31.1 Å². The molecule has 0 radical (unpaired) electrons. The van der Waals surface area contributed by atoms with Crippen LogP contribution in [0.4, 0.5) is 5.69 Å². The van der Waals surface area contributed by atoms with E-state index in [0.29, 0.717) is 12.3 Å². The van der Waals surface area contributed by atoms with Gasteiger partial charge < -0.3 is 14.7 Å². The first-order chi connectivity index (χ1) is 14.5. The average molecular weight is 411 g/mol. The summed E-state index contributed by atoms with van der Waals surface area (Å²) in [6, 6.07) is 11.0. The number of carbonyl (C=O) groups excluding carboxylic acids is 1. The molecule has 2 aliphatic heterocycles. The Morgan fingerprint density at radius 3 is 2.57 bits per heavy atom. The average Bonchev–Trinajstić information content (AvgIpc) is 3.50. The topological polar surface area (TPSA) is 61.6 Å².